The summed E-state index contributed by atoms with van der Waals surface area (Å²) in [5.74, 6) is -0.186. The molecular formula is C13H25N3O3. The Morgan fingerprint density at radius 3 is 2.47 bits per heavy atom. The third-order valence-electron chi connectivity index (χ3n) is 3.29. The van der Waals surface area contributed by atoms with Gasteiger partial charge in [0.2, 0.25) is 11.8 Å². The predicted octanol–water partition coefficient (Wildman–Crippen LogP) is -0.262. The van der Waals surface area contributed by atoms with Crippen molar-refractivity contribution < 1.29 is 14.3 Å². The van der Waals surface area contributed by atoms with Crippen LogP contribution in [-0.4, -0.2) is 61.6 Å². The van der Waals surface area contributed by atoms with Crippen molar-refractivity contribution in [3.8, 4) is 0 Å². The maximum Gasteiger partial charge on any atom is 0.245 e. The molecule has 1 rings (SSSR count). The Kier molecular flexibility index (Phi) is 6.80. The van der Waals surface area contributed by atoms with Gasteiger partial charge in [-0.3, -0.25) is 9.59 Å². The molecule has 0 aliphatic carbocycles. The largest absolute Gasteiger partial charge is 0.378 e. The topological polar surface area (TPSA) is 70.7 Å². The molecule has 1 aliphatic rings. The fourth-order valence-electron chi connectivity index (χ4n) is 1.82. The normalized spacial score (nSPS) is 18.8. The lowest BCUT2D eigenvalue weighted by Gasteiger charge is -2.29. The molecule has 0 spiro atoms. The van der Waals surface area contributed by atoms with Gasteiger partial charge in [0.05, 0.1) is 19.8 Å². The van der Waals surface area contributed by atoms with Crippen molar-refractivity contribution in [3.05, 3.63) is 0 Å². The number of amides is 2. The van der Waals surface area contributed by atoms with Crippen LogP contribution in [0.15, 0.2) is 0 Å². The molecular weight excluding hydrogens is 246 g/mol. The standard InChI is InChI=1S/C13H25N3O3/c1-4-10(2)14-9-12(17)15-11(3)13(18)16-5-7-19-8-6-16/h10-11,14H,4-9H2,1-3H3,(H,15,17). The number of ether oxygens (including phenoxy) is 1. The first-order chi connectivity index (χ1) is 9.04. The van der Waals surface area contributed by atoms with Crippen LogP contribution in [0.2, 0.25) is 0 Å². The second-order valence-corrected chi connectivity index (χ2v) is 4.92. The lowest BCUT2D eigenvalue weighted by molar-refractivity contribution is -0.139. The Morgan fingerprint density at radius 1 is 1.26 bits per heavy atom. The van der Waals surface area contributed by atoms with Gasteiger partial charge in [-0.25, -0.2) is 0 Å². The van der Waals surface area contributed by atoms with E-state index in [-0.39, 0.29) is 18.4 Å². The van der Waals surface area contributed by atoms with Crippen LogP contribution in [0.5, 0.6) is 0 Å². The van der Waals surface area contributed by atoms with Gasteiger partial charge in [0.25, 0.3) is 0 Å². The molecule has 0 aromatic rings. The van der Waals surface area contributed by atoms with E-state index < -0.39 is 6.04 Å². The number of carbonyl (C=O) groups is 2. The van der Waals surface area contributed by atoms with Crippen molar-refractivity contribution in [1.82, 2.24) is 15.5 Å². The van der Waals surface area contributed by atoms with Gasteiger partial charge in [0, 0.05) is 19.1 Å². The summed E-state index contributed by atoms with van der Waals surface area (Å²) in [5.41, 5.74) is 0. The zero-order chi connectivity index (χ0) is 14.3. The number of rotatable bonds is 6. The van der Waals surface area contributed by atoms with E-state index in [9.17, 15) is 9.59 Å². The molecule has 2 amide bonds. The molecule has 19 heavy (non-hydrogen) atoms. The molecule has 1 aliphatic heterocycles. The maximum atomic E-state index is 12.1. The molecule has 2 unspecified atom stereocenters. The van der Waals surface area contributed by atoms with Crippen molar-refractivity contribution >= 4 is 11.8 Å². The zero-order valence-electron chi connectivity index (χ0n) is 12.1. The molecule has 0 bridgehead atoms. The summed E-state index contributed by atoms with van der Waals surface area (Å²) < 4.78 is 5.20. The van der Waals surface area contributed by atoms with Gasteiger partial charge in [0.15, 0.2) is 0 Å². The third kappa shape index (κ3) is 5.57. The van der Waals surface area contributed by atoms with Gasteiger partial charge in [0.1, 0.15) is 6.04 Å². The number of carbonyl (C=O) groups excluding carboxylic acids is 2. The fraction of sp³-hybridized carbons (Fsp3) is 0.846. The van der Waals surface area contributed by atoms with Crippen LogP contribution in [0.3, 0.4) is 0 Å². The molecule has 0 radical (unpaired) electrons. The molecule has 1 heterocycles. The average molecular weight is 271 g/mol. The van der Waals surface area contributed by atoms with Gasteiger partial charge in [-0.15, -0.1) is 0 Å². The summed E-state index contributed by atoms with van der Waals surface area (Å²) >= 11 is 0. The maximum absolute atomic E-state index is 12.1. The second kappa shape index (κ2) is 8.12. The van der Waals surface area contributed by atoms with Crippen molar-refractivity contribution in [2.75, 3.05) is 32.8 Å². The minimum absolute atomic E-state index is 0.0415. The van der Waals surface area contributed by atoms with Crippen molar-refractivity contribution in [2.24, 2.45) is 0 Å². The number of hydrogen-bond donors (Lipinski definition) is 2. The number of morpholine rings is 1. The second-order valence-electron chi connectivity index (χ2n) is 4.92. The van der Waals surface area contributed by atoms with Gasteiger partial charge in [-0.2, -0.15) is 0 Å². The van der Waals surface area contributed by atoms with Crippen LogP contribution in [-0.2, 0) is 14.3 Å². The van der Waals surface area contributed by atoms with E-state index in [0.29, 0.717) is 32.3 Å². The minimum Gasteiger partial charge on any atom is -0.378 e. The van der Waals surface area contributed by atoms with Gasteiger partial charge < -0.3 is 20.3 Å². The number of nitrogens with one attached hydrogen (secondary N) is 2. The molecule has 0 aromatic heterocycles. The van der Waals surface area contributed by atoms with Crippen molar-refractivity contribution in [2.45, 2.75) is 39.3 Å². The number of nitrogens with zero attached hydrogens (tertiary/aromatic N) is 1. The first-order valence-electron chi connectivity index (χ1n) is 6.93. The quantitative estimate of drug-likeness (QED) is 0.698. The molecule has 6 nitrogen and oxygen atoms in total. The van der Waals surface area contributed by atoms with Crippen LogP contribution in [0.25, 0.3) is 0 Å². The average Bonchev–Trinajstić information content (AvgIpc) is 2.44. The Hall–Kier alpha value is -1.14. The summed E-state index contributed by atoms with van der Waals surface area (Å²) in [5, 5.41) is 5.82. The molecule has 2 atom stereocenters. The zero-order valence-corrected chi connectivity index (χ0v) is 12.1. The SMILES string of the molecule is CCC(C)NCC(=O)NC(C)C(=O)N1CCOCC1. The predicted molar refractivity (Wildman–Crippen MR) is 72.8 cm³/mol. The Balaban J connectivity index is 2.30. The van der Waals surface area contributed by atoms with E-state index in [4.69, 9.17) is 4.74 Å². The smallest absolute Gasteiger partial charge is 0.245 e. The van der Waals surface area contributed by atoms with E-state index in [1.165, 1.54) is 0 Å². The lowest BCUT2D eigenvalue weighted by atomic mass is 10.2. The van der Waals surface area contributed by atoms with Gasteiger partial charge >= 0.3 is 0 Å². The minimum atomic E-state index is -0.482. The van der Waals surface area contributed by atoms with E-state index in [1.807, 2.05) is 6.92 Å². The molecule has 1 fully saturated rings. The third-order valence-corrected chi connectivity index (χ3v) is 3.29. The molecule has 1 saturated heterocycles. The summed E-state index contributed by atoms with van der Waals surface area (Å²) in [6.07, 6.45) is 0.968. The van der Waals surface area contributed by atoms with E-state index in [2.05, 4.69) is 17.6 Å². The van der Waals surface area contributed by atoms with Crippen LogP contribution >= 0.6 is 0 Å². The Bertz CT molecular complexity index is 304. The highest BCUT2D eigenvalue weighted by Gasteiger charge is 2.23. The molecule has 6 heteroatoms. The first kappa shape index (κ1) is 15.9. The number of hydrogen-bond acceptors (Lipinski definition) is 4. The summed E-state index contributed by atoms with van der Waals surface area (Å²) in [6, 6.07) is -0.180. The van der Waals surface area contributed by atoms with Crippen LogP contribution < -0.4 is 10.6 Å². The molecule has 0 aromatic carbocycles. The highest BCUT2D eigenvalue weighted by molar-refractivity contribution is 5.88. The summed E-state index contributed by atoms with van der Waals surface area (Å²) in [6.45, 7) is 8.39. The highest BCUT2D eigenvalue weighted by Crippen LogP contribution is 2.00. The highest BCUT2D eigenvalue weighted by atomic mass is 16.5. The van der Waals surface area contributed by atoms with E-state index >= 15 is 0 Å². The van der Waals surface area contributed by atoms with Crippen molar-refractivity contribution in [1.29, 1.82) is 0 Å². The Morgan fingerprint density at radius 2 is 1.89 bits per heavy atom. The lowest BCUT2D eigenvalue weighted by Crippen LogP contribution is -2.52. The Labute approximate surface area is 114 Å². The monoisotopic (exact) mass is 271 g/mol. The van der Waals surface area contributed by atoms with Crippen LogP contribution in [0.1, 0.15) is 27.2 Å². The first-order valence-corrected chi connectivity index (χ1v) is 6.93. The summed E-state index contributed by atoms with van der Waals surface area (Å²) in [7, 11) is 0. The molecule has 2 N–H and O–H groups in total. The van der Waals surface area contributed by atoms with Gasteiger partial charge in [-0.05, 0) is 20.3 Å². The van der Waals surface area contributed by atoms with Crippen LogP contribution in [0.4, 0.5) is 0 Å². The van der Waals surface area contributed by atoms with Crippen LogP contribution in [0, 0.1) is 0 Å². The molecule has 110 valence electrons. The van der Waals surface area contributed by atoms with E-state index in [0.717, 1.165) is 6.42 Å². The summed E-state index contributed by atoms with van der Waals surface area (Å²) in [4.78, 5) is 25.5. The van der Waals surface area contributed by atoms with E-state index in [1.54, 1.807) is 11.8 Å². The van der Waals surface area contributed by atoms with Gasteiger partial charge in [-0.1, -0.05) is 6.92 Å². The van der Waals surface area contributed by atoms with Crippen molar-refractivity contribution in [3.63, 3.8) is 0 Å². The fourth-order valence-corrected chi connectivity index (χ4v) is 1.82. The molecule has 0 saturated carbocycles.